The Morgan fingerprint density at radius 1 is 1.37 bits per heavy atom. The number of carbonyl (C=O) groups is 1. The maximum absolute atomic E-state index is 12.0. The first-order valence-corrected chi connectivity index (χ1v) is 5.93. The molecular weight excluding hydrogens is 264 g/mol. The molecule has 1 heterocycles. The van der Waals surface area contributed by atoms with E-state index in [-0.39, 0.29) is 11.9 Å². The Morgan fingerprint density at radius 3 is 2.53 bits per heavy atom. The van der Waals surface area contributed by atoms with Crippen LogP contribution in [0.5, 0.6) is 0 Å². The van der Waals surface area contributed by atoms with Gasteiger partial charge in [-0.15, -0.1) is 10.2 Å². The zero-order valence-electron chi connectivity index (χ0n) is 10.1. The van der Waals surface area contributed by atoms with Crippen LogP contribution in [0.1, 0.15) is 34.7 Å². The summed E-state index contributed by atoms with van der Waals surface area (Å²) in [6.45, 7) is 1.77. The van der Waals surface area contributed by atoms with E-state index < -0.39 is 0 Å². The van der Waals surface area contributed by atoms with Crippen LogP contribution in [0.25, 0.3) is 0 Å². The van der Waals surface area contributed by atoms with Crippen LogP contribution in [0, 0.1) is 0 Å². The third-order valence-electron chi connectivity index (χ3n) is 2.53. The molecule has 98 valence electrons. The topological polar surface area (TPSA) is 110 Å². The predicted octanol–water partition coefficient (Wildman–Crippen LogP) is 0.325. The monoisotopic (exact) mass is 276 g/mol. The van der Waals surface area contributed by atoms with Crippen molar-refractivity contribution in [2.45, 2.75) is 13.0 Å². The van der Waals surface area contributed by atoms with E-state index in [0.29, 0.717) is 16.4 Å². The maximum Gasteiger partial charge on any atom is 0.251 e. The van der Waals surface area contributed by atoms with Crippen LogP contribution in [0.4, 0.5) is 0 Å². The number of tetrazole rings is 1. The van der Waals surface area contributed by atoms with Gasteiger partial charge in [-0.2, -0.15) is 5.21 Å². The zero-order chi connectivity index (χ0) is 13.8. The molecule has 1 unspecified atom stereocenters. The minimum Gasteiger partial charge on any atom is -0.389 e. The van der Waals surface area contributed by atoms with Crippen LogP contribution in [-0.4, -0.2) is 31.5 Å². The summed E-state index contributed by atoms with van der Waals surface area (Å²) in [5.41, 5.74) is 6.72. The standard InChI is InChI=1S/C11H12N6OS/c1-6(10-14-16-17-15-10)13-11(18)8-4-2-7(3-5-8)9(12)19/h2-6H,1H3,(H2,12,19)(H,13,18)(H,14,15,16,17). The number of H-pyrrole nitrogens is 1. The minimum atomic E-state index is -0.332. The first-order valence-electron chi connectivity index (χ1n) is 5.52. The van der Waals surface area contributed by atoms with E-state index >= 15 is 0 Å². The number of rotatable bonds is 4. The molecule has 4 N–H and O–H groups in total. The molecule has 0 bridgehead atoms. The largest absolute Gasteiger partial charge is 0.389 e. The molecule has 19 heavy (non-hydrogen) atoms. The van der Waals surface area contributed by atoms with Gasteiger partial charge in [0.1, 0.15) is 4.99 Å². The van der Waals surface area contributed by atoms with Gasteiger partial charge in [-0.05, 0) is 19.1 Å². The Balaban J connectivity index is 2.05. The Morgan fingerprint density at radius 2 is 2.00 bits per heavy atom. The number of amides is 1. The van der Waals surface area contributed by atoms with Gasteiger partial charge in [0.2, 0.25) is 0 Å². The van der Waals surface area contributed by atoms with Crippen molar-refractivity contribution in [2.75, 3.05) is 0 Å². The summed E-state index contributed by atoms with van der Waals surface area (Å²) in [6.07, 6.45) is 0. The highest BCUT2D eigenvalue weighted by Gasteiger charge is 2.14. The van der Waals surface area contributed by atoms with Gasteiger partial charge in [-0.1, -0.05) is 29.6 Å². The molecular formula is C11H12N6OS. The molecule has 2 rings (SSSR count). The highest BCUT2D eigenvalue weighted by atomic mass is 32.1. The van der Waals surface area contributed by atoms with Gasteiger partial charge in [0.25, 0.3) is 5.91 Å². The lowest BCUT2D eigenvalue weighted by molar-refractivity contribution is 0.0938. The highest BCUT2D eigenvalue weighted by Crippen LogP contribution is 2.08. The van der Waals surface area contributed by atoms with Crippen molar-refractivity contribution in [2.24, 2.45) is 5.73 Å². The van der Waals surface area contributed by atoms with Crippen molar-refractivity contribution in [3.8, 4) is 0 Å². The summed E-state index contributed by atoms with van der Waals surface area (Å²) in [4.78, 5) is 12.3. The maximum atomic E-state index is 12.0. The van der Waals surface area contributed by atoms with Gasteiger partial charge in [-0.25, -0.2) is 0 Å². The van der Waals surface area contributed by atoms with Crippen LogP contribution in [-0.2, 0) is 0 Å². The number of nitrogens with zero attached hydrogens (tertiary/aromatic N) is 3. The Kier molecular flexibility index (Phi) is 3.81. The smallest absolute Gasteiger partial charge is 0.251 e. The molecule has 1 amide bonds. The quantitative estimate of drug-likeness (QED) is 0.694. The van der Waals surface area contributed by atoms with Crippen molar-refractivity contribution >= 4 is 23.1 Å². The lowest BCUT2D eigenvalue weighted by Gasteiger charge is -2.10. The average molecular weight is 276 g/mol. The number of nitrogens with one attached hydrogen (secondary N) is 2. The molecule has 0 fully saturated rings. The summed E-state index contributed by atoms with van der Waals surface area (Å²) in [6, 6.07) is 6.40. The van der Waals surface area contributed by atoms with Crippen molar-refractivity contribution in [3.63, 3.8) is 0 Å². The Labute approximate surface area is 114 Å². The van der Waals surface area contributed by atoms with Gasteiger partial charge >= 0.3 is 0 Å². The van der Waals surface area contributed by atoms with Gasteiger partial charge in [0, 0.05) is 11.1 Å². The molecule has 0 radical (unpaired) electrons. The predicted molar refractivity (Wildman–Crippen MR) is 72.4 cm³/mol. The fraction of sp³-hybridized carbons (Fsp3) is 0.182. The number of aromatic nitrogens is 4. The van der Waals surface area contributed by atoms with Crippen molar-refractivity contribution < 1.29 is 4.79 Å². The molecule has 0 saturated heterocycles. The average Bonchev–Trinajstić information content (AvgIpc) is 2.92. The second kappa shape index (κ2) is 5.53. The van der Waals surface area contributed by atoms with Crippen LogP contribution >= 0.6 is 12.2 Å². The Hall–Kier alpha value is -2.35. The normalized spacial score (nSPS) is 11.8. The number of aromatic amines is 1. The molecule has 0 spiro atoms. The van der Waals surface area contributed by atoms with Crippen LogP contribution in [0.2, 0.25) is 0 Å². The fourth-order valence-electron chi connectivity index (χ4n) is 1.48. The summed E-state index contributed by atoms with van der Waals surface area (Å²) in [7, 11) is 0. The van der Waals surface area contributed by atoms with E-state index in [9.17, 15) is 4.79 Å². The molecule has 0 saturated carbocycles. The third kappa shape index (κ3) is 3.10. The van der Waals surface area contributed by atoms with Gasteiger partial charge in [-0.3, -0.25) is 4.79 Å². The molecule has 0 aliphatic carbocycles. The molecule has 0 aliphatic rings. The molecule has 1 atom stereocenters. The van der Waals surface area contributed by atoms with E-state index in [2.05, 4.69) is 25.9 Å². The lowest BCUT2D eigenvalue weighted by Crippen LogP contribution is -2.27. The van der Waals surface area contributed by atoms with E-state index in [0.717, 1.165) is 5.56 Å². The van der Waals surface area contributed by atoms with Crippen molar-refractivity contribution in [1.82, 2.24) is 25.9 Å². The second-order valence-corrected chi connectivity index (χ2v) is 4.35. The number of hydrogen-bond donors (Lipinski definition) is 3. The van der Waals surface area contributed by atoms with Gasteiger partial charge in [0.05, 0.1) is 6.04 Å². The molecule has 8 heteroatoms. The van der Waals surface area contributed by atoms with Crippen LogP contribution in [0.3, 0.4) is 0 Å². The second-order valence-electron chi connectivity index (χ2n) is 3.91. The molecule has 1 aromatic carbocycles. The van der Waals surface area contributed by atoms with E-state index in [1.165, 1.54) is 0 Å². The number of benzene rings is 1. The van der Waals surface area contributed by atoms with E-state index in [1.807, 2.05) is 0 Å². The summed E-state index contributed by atoms with van der Waals surface area (Å²) in [5, 5.41) is 16.1. The Bertz CT molecular complexity index is 580. The summed E-state index contributed by atoms with van der Waals surface area (Å²) < 4.78 is 0. The fourth-order valence-corrected chi connectivity index (χ4v) is 1.62. The van der Waals surface area contributed by atoms with Crippen molar-refractivity contribution in [3.05, 3.63) is 41.2 Å². The minimum absolute atomic E-state index is 0.230. The van der Waals surface area contributed by atoms with Crippen LogP contribution in [0.15, 0.2) is 24.3 Å². The van der Waals surface area contributed by atoms with Crippen LogP contribution < -0.4 is 11.1 Å². The van der Waals surface area contributed by atoms with Gasteiger partial charge < -0.3 is 11.1 Å². The molecule has 0 aliphatic heterocycles. The van der Waals surface area contributed by atoms with E-state index in [4.69, 9.17) is 18.0 Å². The number of thiocarbonyl (C=S) groups is 1. The number of carbonyl (C=O) groups excluding carboxylic acids is 1. The molecule has 7 nitrogen and oxygen atoms in total. The SMILES string of the molecule is CC(NC(=O)c1ccc(C(N)=S)cc1)c1nn[nH]n1. The highest BCUT2D eigenvalue weighted by molar-refractivity contribution is 7.80. The summed E-state index contributed by atoms with van der Waals surface area (Å²) in [5.74, 6) is 0.194. The zero-order valence-corrected chi connectivity index (χ0v) is 10.9. The number of hydrogen-bond acceptors (Lipinski definition) is 5. The lowest BCUT2D eigenvalue weighted by atomic mass is 10.1. The van der Waals surface area contributed by atoms with Crippen molar-refractivity contribution in [1.29, 1.82) is 0 Å². The third-order valence-corrected chi connectivity index (χ3v) is 2.76. The van der Waals surface area contributed by atoms with Gasteiger partial charge in [0.15, 0.2) is 5.82 Å². The molecule has 2 aromatic rings. The van der Waals surface area contributed by atoms with E-state index in [1.54, 1.807) is 31.2 Å². The molecule has 1 aromatic heterocycles. The first-order chi connectivity index (χ1) is 9.08. The summed E-state index contributed by atoms with van der Waals surface area (Å²) >= 11 is 4.85. The first kappa shape index (κ1) is 13.1. The number of nitrogens with two attached hydrogens (primary N) is 1.